The van der Waals surface area contributed by atoms with E-state index >= 15 is 0 Å². The number of esters is 1. The van der Waals surface area contributed by atoms with Crippen LogP contribution in [0.15, 0.2) is 72.8 Å². The quantitative estimate of drug-likeness (QED) is 0.464. The fourth-order valence-corrected chi connectivity index (χ4v) is 3.31. The van der Waals surface area contributed by atoms with Crippen molar-refractivity contribution >= 4 is 11.9 Å². The van der Waals surface area contributed by atoms with Gasteiger partial charge in [-0.1, -0.05) is 60.7 Å². The molecule has 0 aliphatic carbocycles. The second kappa shape index (κ2) is 11.6. The van der Waals surface area contributed by atoms with E-state index in [1.807, 2.05) is 60.7 Å². The summed E-state index contributed by atoms with van der Waals surface area (Å²) in [5.74, 6) is 0.303. The molecule has 33 heavy (non-hydrogen) atoms. The minimum absolute atomic E-state index is 0.00120. The molecule has 1 amide bonds. The molecular formula is C26H27NO6. The average Bonchev–Trinajstić information content (AvgIpc) is 2.87. The molecule has 3 aromatic rings. The number of methoxy groups -OCH3 is 3. The van der Waals surface area contributed by atoms with Gasteiger partial charge in [0.1, 0.15) is 6.61 Å². The van der Waals surface area contributed by atoms with Gasteiger partial charge in [0.05, 0.1) is 33.8 Å². The molecule has 0 aliphatic rings. The molecule has 7 heteroatoms. The van der Waals surface area contributed by atoms with E-state index in [1.165, 1.54) is 21.3 Å². The zero-order valence-corrected chi connectivity index (χ0v) is 18.9. The van der Waals surface area contributed by atoms with Gasteiger partial charge < -0.3 is 24.3 Å². The molecule has 0 saturated heterocycles. The van der Waals surface area contributed by atoms with Crippen molar-refractivity contribution in [3.8, 4) is 17.2 Å². The summed E-state index contributed by atoms with van der Waals surface area (Å²) in [4.78, 5) is 25.0. The molecule has 0 spiro atoms. The molecule has 1 N–H and O–H groups in total. The molecule has 0 bridgehead atoms. The summed E-state index contributed by atoms with van der Waals surface area (Å²) in [7, 11) is 4.31. The third kappa shape index (κ3) is 6.26. The number of benzene rings is 3. The molecular weight excluding hydrogens is 422 g/mol. The maximum Gasteiger partial charge on any atom is 0.307 e. The Morgan fingerprint density at radius 3 is 1.97 bits per heavy atom. The lowest BCUT2D eigenvalue weighted by molar-refractivity contribution is -0.141. The fourth-order valence-electron chi connectivity index (χ4n) is 3.31. The average molecular weight is 450 g/mol. The van der Waals surface area contributed by atoms with Gasteiger partial charge in [-0.05, 0) is 23.3 Å². The van der Waals surface area contributed by atoms with Crippen LogP contribution in [0, 0.1) is 0 Å². The Balaban J connectivity index is 1.84. The van der Waals surface area contributed by atoms with Crippen molar-refractivity contribution in [2.45, 2.75) is 19.1 Å². The van der Waals surface area contributed by atoms with Crippen molar-refractivity contribution in [2.24, 2.45) is 0 Å². The van der Waals surface area contributed by atoms with Gasteiger partial charge in [0.2, 0.25) is 5.75 Å². The number of hydrogen-bond donors (Lipinski definition) is 1. The number of ether oxygens (including phenoxy) is 4. The van der Waals surface area contributed by atoms with Gasteiger partial charge in [0, 0.05) is 5.56 Å². The third-order valence-corrected chi connectivity index (χ3v) is 5.05. The van der Waals surface area contributed by atoms with E-state index in [4.69, 9.17) is 18.9 Å². The smallest absolute Gasteiger partial charge is 0.307 e. The Morgan fingerprint density at radius 2 is 1.42 bits per heavy atom. The monoisotopic (exact) mass is 449 g/mol. The minimum atomic E-state index is -0.558. The highest BCUT2D eigenvalue weighted by atomic mass is 16.5. The van der Waals surface area contributed by atoms with Crippen molar-refractivity contribution < 1.29 is 28.5 Å². The Kier molecular flexibility index (Phi) is 8.30. The molecule has 0 heterocycles. The molecule has 3 rings (SSSR count). The van der Waals surface area contributed by atoms with Gasteiger partial charge in [-0.15, -0.1) is 0 Å². The molecule has 1 atom stereocenters. The van der Waals surface area contributed by atoms with E-state index in [9.17, 15) is 9.59 Å². The van der Waals surface area contributed by atoms with Crippen molar-refractivity contribution in [1.82, 2.24) is 5.32 Å². The van der Waals surface area contributed by atoms with Crippen LogP contribution < -0.4 is 19.5 Å². The first-order chi connectivity index (χ1) is 16.0. The molecule has 7 nitrogen and oxygen atoms in total. The molecule has 0 radical (unpaired) electrons. The van der Waals surface area contributed by atoms with Crippen LogP contribution in [-0.2, 0) is 16.1 Å². The van der Waals surface area contributed by atoms with Crippen LogP contribution in [0.4, 0.5) is 0 Å². The summed E-state index contributed by atoms with van der Waals surface area (Å²) in [6, 6.07) is 21.5. The topological polar surface area (TPSA) is 83.1 Å². The summed E-state index contributed by atoms with van der Waals surface area (Å²) in [5, 5.41) is 2.90. The Bertz CT molecular complexity index is 1040. The van der Waals surface area contributed by atoms with Crippen molar-refractivity contribution in [3.05, 3.63) is 89.5 Å². The number of nitrogens with one attached hydrogen (secondary N) is 1. The van der Waals surface area contributed by atoms with Crippen LogP contribution in [0.25, 0.3) is 0 Å². The van der Waals surface area contributed by atoms with E-state index in [0.717, 1.165) is 11.1 Å². The number of amides is 1. The summed E-state index contributed by atoms with van der Waals surface area (Å²) in [6.45, 7) is 0.314. The van der Waals surface area contributed by atoms with E-state index in [2.05, 4.69) is 5.32 Å². The second-order valence-corrected chi connectivity index (χ2v) is 7.20. The summed E-state index contributed by atoms with van der Waals surface area (Å²) in [5.41, 5.74) is 2.08. The van der Waals surface area contributed by atoms with Crippen LogP contribution in [0.2, 0.25) is 0 Å². The molecule has 0 aromatic heterocycles. The van der Waals surface area contributed by atoms with E-state index in [-0.39, 0.29) is 12.3 Å². The van der Waals surface area contributed by atoms with Crippen molar-refractivity contribution in [1.29, 1.82) is 0 Å². The lowest BCUT2D eigenvalue weighted by Gasteiger charge is -2.20. The predicted octanol–water partition coefficient (Wildman–Crippen LogP) is 4.32. The molecule has 172 valence electrons. The lowest BCUT2D eigenvalue weighted by Crippen LogP contribution is -2.30. The predicted molar refractivity (Wildman–Crippen MR) is 124 cm³/mol. The second-order valence-electron chi connectivity index (χ2n) is 7.20. The van der Waals surface area contributed by atoms with Crippen LogP contribution in [-0.4, -0.2) is 33.2 Å². The number of hydrogen-bond acceptors (Lipinski definition) is 6. The minimum Gasteiger partial charge on any atom is -0.493 e. The van der Waals surface area contributed by atoms with Gasteiger partial charge in [-0.2, -0.15) is 0 Å². The molecule has 0 aliphatic heterocycles. The Morgan fingerprint density at radius 1 is 0.848 bits per heavy atom. The number of carbonyl (C=O) groups excluding carboxylic acids is 2. The molecule has 0 fully saturated rings. The Hall–Kier alpha value is -4.00. The maximum atomic E-state index is 13.1. The first-order valence-corrected chi connectivity index (χ1v) is 10.4. The van der Waals surface area contributed by atoms with Crippen LogP contribution in [0.1, 0.15) is 33.9 Å². The number of rotatable bonds is 10. The maximum absolute atomic E-state index is 13.1. The summed E-state index contributed by atoms with van der Waals surface area (Å²) >= 11 is 0. The summed E-state index contributed by atoms with van der Waals surface area (Å²) in [6.07, 6.45) is -0.00120. The van der Waals surface area contributed by atoms with Crippen molar-refractivity contribution in [2.75, 3.05) is 21.3 Å². The van der Waals surface area contributed by atoms with Crippen LogP contribution in [0.3, 0.4) is 0 Å². The van der Waals surface area contributed by atoms with Crippen LogP contribution in [0.5, 0.6) is 17.2 Å². The largest absolute Gasteiger partial charge is 0.493 e. The Labute approximate surface area is 193 Å². The fraction of sp³-hybridized carbons (Fsp3) is 0.231. The lowest BCUT2D eigenvalue weighted by atomic mass is 10.0. The highest BCUT2D eigenvalue weighted by Crippen LogP contribution is 2.39. The van der Waals surface area contributed by atoms with Crippen LogP contribution >= 0.6 is 0 Å². The number of carbonyl (C=O) groups is 2. The molecule has 3 aromatic carbocycles. The zero-order chi connectivity index (χ0) is 23.6. The zero-order valence-electron chi connectivity index (χ0n) is 18.9. The normalized spacial score (nSPS) is 11.2. The third-order valence-electron chi connectivity index (χ3n) is 5.05. The van der Waals surface area contributed by atoms with Gasteiger partial charge >= 0.3 is 5.97 Å². The standard InChI is InChI=1S/C26H27NO6/c1-30-22-14-20(15-23(31-2)25(22)33-17-18-10-6-4-7-11-18)26(29)27-21(16-24(28)32-3)19-12-8-5-9-13-19/h4-15,21H,16-17H2,1-3H3,(H,27,29). The summed E-state index contributed by atoms with van der Waals surface area (Å²) < 4.78 is 21.7. The molecule has 0 saturated carbocycles. The van der Waals surface area contributed by atoms with Gasteiger partial charge in [0.25, 0.3) is 5.91 Å². The van der Waals surface area contributed by atoms with E-state index in [1.54, 1.807) is 12.1 Å². The van der Waals surface area contributed by atoms with E-state index in [0.29, 0.717) is 29.4 Å². The highest BCUT2D eigenvalue weighted by molar-refractivity contribution is 5.96. The van der Waals surface area contributed by atoms with Gasteiger partial charge in [-0.25, -0.2) is 0 Å². The molecule has 1 unspecified atom stereocenters. The van der Waals surface area contributed by atoms with Gasteiger partial charge in [-0.3, -0.25) is 9.59 Å². The highest BCUT2D eigenvalue weighted by Gasteiger charge is 2.22. The van der Waals surface area contributed by atoms with Crippen molar-refractivity contribution in [3.63, 3.8) is 0 Å². The van der Waals surface area contributed by atoms with Gasteiger partial charge in [0.15, 0.2) is 11.5 Å². The first-order valence-electron chi connectivity index (χ1n) is 10.4. The van der Waals surface area contributed by atoms with E-state index < -0.39 is 12.0 Å². The SMILES string of the molecule is COC(=O)CC(NC(=O)c1cc(OC)c(OCc2ccccc2)c(OC)c1)c1ccccc1. The first kappa shape index (κ1) is 23.7.